The van der Waals surface area contributed by atoms with Crippen molar-refractivity contribution in [2.75, 3.05) is 20.1 Å². The lowest BCUT2D eigenvalue weighted by molar-refractivity contribution is 0.119. The number of likely N-dealkylation sites (tertiary alicyclic amines) is 1. The first-order valence-electron chi connectivity index (χ1n) is 15.8. The van der Waals surface area contributed by atoms with Crippen molar-refractivity contribution in [2.45, 2.75) is 70.2 Å². The zero-order valence-corrected chi connectivity index (χ0v) is 25.8. The predicted octanol–water partition coefficient (Wildman–Crippen LogP) is 6.79. The van der Waals surface area contributed by atoms with Crippen LogP contribution in [0.5, 0.6) is 5.88 Å². The highest BCUT2D eigenvalue weighted by Crippen LogP contribution is 2.42. The number of aromatic nitrogens is 3. The number of halogens is 1. The number of pyridine rings is 1. The number of fused-ring (bicyclic) bond motifs is 4. The Kier molecular flexibility index (Phi) is 7.61. The third-order valence-electron chi connectivity index (χ3n) is 9.79. The number of nitriles is 2. The van der Waals surface area contributed by atoms with E-state index in [0.717, 1.165) is 66.0 Å². The molecular weight excluding hydrogens is 565 g/mol. The fourth-order valence-electron chi connectivity index (χ4n) is 7.60. The van der Waals surface area contributed by atoms with E-state index in [4.69, 9.17) is 14.8 Å². The summed E-state index contributed by atoms with van der Waals surface area (Å²) >= 11 is 0. The molecule has 0 radical (unpaired) electrons. The minimum Gasteiger partial charge on any atom is -0.472 e. The van der Waals surface area contributed by atoms with E-state index in [1.807, 2.05) is 48.0 Å². The molecule has 0 aliphatic carbocycles. The molecule has 4 heterocycles. The number of rotatable bonds is 6. The summed E-state index contributed by atoms with van der Waals surface area (Å²) in [6.45, 7) is 5.76. The van der Waals surface area contributed by atoms with Crippen molar-refractivity contribution >= 4 is 32.6 Å². The lowest BCUT2D eigenvalue weighted by atomic mass is 9.91. The zero-order valence-electron chi connectivity index (χ0n) is 25.8. The third kappa shape index (κ3) is 4.97. The van der Waals surface area contributed by atoms with E-state index >= 15 is 4.39 Å². The first-order valence-corrected chi connectivity index (χ1v) is 15.8. The molecule has 5 aromatic rings. The maximum Gasteiger partial charge on any atom is 0.225 e. The van der Waals surface area contributed by atoms with Gasteiger partial charge in [-0.2, -0.15) is 15.6 Å². The Morgan fingerprint density at radius 1 is 1.16 bits per heavy atom. The second-order valence-electron chi connectivity index (χ2n) is 12.6. The minimum absolute atomic E-state index is 0.0400. The van der Waals surface area contributed by atoms with Crippen molar-refractivity contribution in [1.29, 1.82) is 10.5 Å². The largest absolute Gasteiger partial charge is 0.472 e. The van der Waals surface area contributed by atoms with E-state index in [0.29, 0.717) is 34.4 Å². The van der Waals surface area contributed by atoms with Crippen LogP contribution in [-0.2, 0) is 0 Å². The van der Waals surface area contributed by atoms with Gasteiger partial charge in [0.05, 0.1) is 47.3 Å². The van der Waals surface area contributed by atoms with Crippen LogP contribution in [0.4, 0.5) is 4.39 Å². The van der Waals surface area contributed by atoms with Crippen LogP contribution < -0.4 is 10.1 Å². The van der Waals surface area contributed by atoms with Gasteiger partial charge in [-0.3, -0.25) is 9.58 Å². The summed E-state index contributed by atoms with van der Waals surface area (Å²) in [6, 6.07) is 18.2. The van der Waals surface area contributed by atoms with Crippen LogP contribution in [0.2, 0.25) is 0 Å². The Morgan fingerprint density at radius 3 is 2.73 bits per heavy atom. The number of likely N-dealkylation sites (N-methyl/N-ethyl adjacent to an activating group) is 1. The lowest BCUT2D eigenvalue weighted by Gasteiger charge is -2.30. The van der Waals surface area contributed by atoms with Gasteiger partial charge in [-0.15, -0.1) is 0 Å². The Morgan fingerprint density at radius 2 is 1.98 bits per heavy atom. The van der Waals surface area contributed by atoms with Gasteiger partial charge in [0.2, 0.25) is 5.88 Å². The standard InChI is InChI=1S/C36H36FN7O/c1-21-17-28-34(33(37)31(21)27-10-5-8-23-7-4-9-24(19-39)32(23)27)42-36(45-22(2)30-11-6-16-43(30)3)29-20-41-44(35(28)29)26-13-15-40-25(18-26)12-14-38/h4-5,7-10,17,20,22,25-26,30,40H,6,11-13,15-16,18H2,1-3H3/t22-,25+,26-,30-/m0/s1. The average molecular weight is 602 g/mol. The van der Waals surface area contributed by atoms with Gasteiger partial charge in [0, 0.05) is 28.4 Å². The van der Waals surface area contributed by atoms with Gasteiger partial charge in [-0.25, -0.2) is 9.37 Å². The molecule has 45 heavy (non-hydrogen) atoms. The van der Waals surface area contributed by atoms with Crippen LogP contribution in [0.15, 0.2) is 48.7 Å². The van der Waals surface area contributed by atoms with E-state index in [2.05, 4.69) is 36.3 Å². The van der Waals surface area contributed by atoms with Crippen molar-refractivity contribution in [3.63, 3.8) is 0 Å². The molecule has 8 nitrogen and oxygen atoms in total. The van der Waals surface area contributed by atoms with Crippen molar-refractivity contribution in [3.8, 4) is 29.1 Å². The molecule has 2 aromatic heterocycles. The van der Waals surface area contributed by atoms with Crippen molar-refractivity contribution < 1.29 is 9.13 Å². The first kappa shape index (κ1) is 29.2. The van der Waals surface area contributed by atoms with Crippen LogP contribution in [0.25, 0.3) is 43.7 Å². The Bertz CT molecular complexity index is 2020. The van der Waals surface area contributed by atoms with E-state index in [-0.39, 0.29) is 29.7 Å². The van der Waals surface area contributed by atoms with Gasteiger partial charge in [0.1, 0.15) is 11.6 Å². The molecule has 9 heteroatoms. The fraction of sp³-hybridized carbons (Fsp3) is 0.389. The van der Waals surface area contributed by atoms with Crippen LogP contribution in [0, 0.1) is 35.4 Å². The number of nitrogens with one attached hydrogen (secondary N) is 1. The molecule has 228 valence electrons. The molecule has 7 rings (SSSR count). The van der Waals surface area contributed by atoms with Crippen LogP contribution in [0.3, 0.4) is 0 Å². The number of hydrogen-bond donors (Lipinski definition) is 1. The van der Waals surface area contributed by atoms with Gasteiger partial charge in [-0.05, 0) is 88.3 Å². The topological polar surface area (TPSA) is 103 Å². The highest BCUT2D eigenvalue weighted by molar-refractivity contribution is 6.09. The van der Waals surface area contributed by atoms with Crippen LogP contribution >= 0.6 is 0 Å². The molecule has 4 atom stereocenters. The van der Waals surface area contributed by atoms with Gasteiger partial charge < -0.3 is 10.1 Å². The highest BCUT2D eigenvalue weighted by atomic mass is 19.1. The van der Waals surface area contributed by atoms with Crippen molar-refractivity contribution in [1.82, 2.24) is 25.0 Å². The van der Waals surface area contributed by atoms with E-state index in [1.165, 1.54) is 0 Å². The van der Waals surface area contributed by atoms with Gasteiger partial charge in [0.15, 0.2) is 5.82 Å². The smallest absolute Gasteiger partial charge is 0.225 e. The summed E-state index contributed by atoms with van der Waals surface area (Å²) in [6.07, 6.45) is 5.80. The summed E-state index contributed by atoms with van der Waals surface area (Å²) in [5.74, 6) is -0.0635. The molecule has 0 unspecified atom stereocenters. The number of hydrogen-bond acceptors (Lipinski definition) is 7. The summed E-state index contributed by atoms with van der Waals surface area (Å²) in [5.41, 5.74) is 3.37. The zero-order chi connectivity index (χ0) is 31.2. The molecule has 3 aromatic carbocycles. The Balaban J connectivity index is 1.46. The van der Waals surface area contributed by atoms with Gasteiger partial charge in [0.25, 0.3) is 0 Å². The SMILES string of the molecule is Cc1cc2c(nc(O[C@@H](C)[C@@H]3CCCN3C)c3cnn([C@H]4CCN[C@H](CC#N)C4)c32)c(F)c1-c1cccc2cccc(C#N)c12. The molecule has 0 amide bonds. The normalized spacial score (nSPS) is 21.2. The average Bonchev–Trinajstić information content (AvgIpc) is 3.69. The van der Waals surface area contributed by atoms with Gasteiger partial charge >= 0.3 is 0 Å². The molecule has 2 fully saturated rings. The maximum absolute atomic E-state index is 17.1. The second kappa shape index (κ2) is 11.7. The molecule has 1 N–H and O–H groups in total. The second-order valence-corrected chi connectivity index (χ2v) is 12.6. The molecule has 2 aliphatic rings. The Hall–Kier alpha value is -4.57. The van der Waals surface area contributed by atoms with E-state index in [9.17, 15) is 10.5 Å². The van der Waals surface area contributed by atoms with Crippen molar-refractivity contribution in [3.05, 3.63) is 65.6 Å². The number of piperidine rings is 1. The van der Waals surface area contributed by atoms with Crippen LogP contribution in [0.1, 0.15) is 56.2 Å². The molecule has 0 saturated carbocycles. The summed E-state index contributed by atoms with van der Waals surface area (Å²) in [5, 5.41) is 30.6. The third-order valence-corrected chi connectivity index (χ3v) is 9.79. The maximum atomic E-state index is 17.1. The number of aryl methyl sites for hydroxylation is 1. The summed E-state index contributed by atoms with van der Waals surface area (Å²) in [4.78, 5) is 7.21. The Labute approximate surface area is 262 Å². The quantitative estimate of drug-likeness (QED) is 0.229. The van der Waals surface area contributed by atoms with Gasteiger partial charge in [-0.1, -0.05) is 30.3 Å². The van der Waals surface area contributed by atoms with E-state index in [1.54, 1.807) is 12.3 Å². The highest BCUT2D eigenvalue weighted by Gasteiger charge is 2.31. The lowest BCUT2D eigenvalue weighted by Crippen LogP contribution is -2.38. The number of ether oxygens (including phenoxy) is 1. The fourth-order valence-corrected chi connectivity index (χ4v) is 7.60. The van der Waals surface area contributed by atoms with Crippen LogP contribution in [-0.4, -0.2) is 58.0 Å². The summed E-state index contributed by atoms with van der Waals surface area (Å²) in [7, 11) is 2.11. The van der Waals surface area contributed by atoms with Crippen molar-refractivity contribution in [2.24, 2.45) is 0 Å². The molecule has 0 spiro atoms. The first-order chi connectivity index (χ1) is 21.9. The molecule has 2 aliphatic heterocycles. The molecule has 2 saturated heterocycles. The summed E-state index contributed by atoms with van der Waals surface area (Å²) < 4.78 is 25.8. The molecule has 0 bridgehead atoms. The minimum atomic E-state index is -0.442. The van der Waals surface area contributed by atoms with E-state index < -0.39 is 5.82 Å². The molecular formula is C36H36FN7O. The number of nitrogens with zero attached hydrogens (tertiary/aromatic N) is 6. The monoisotopic (exact) mass is 601 g/mol. The predicted molar refractivity (Wildman–Crippen MR) is 173 cm³/mol. The number of benzene rings is 3.